The normalized spacial score (nSPS) is 11.4. The topological polar surface area (TPSA) is 58.3 Å². The highest BCUT2D eigenvalue weighted by molar-refractivity contribution is 14.0. The second-order valence-electron chi connectivity index (χ2n) is 6.98. The Labute approximate surface area is 190 Å². The van der Waals surface area contributed by atoms with Crippen LogP contribution in [0.1, 0.15) is 32.2 Å². The van der Waals surface area contributed by atoms with Crippen LogP contribution in [-0.2, 0) is 19.5 Å². The van der Waals surface area contributed by atoms with Gasteiger partial charge in [0.05, 0.1) is 0 Å². The van der Waals surface area contributed by atoms with E-state index >= 15 is 0 Å². The summed E-state index contributed by atoms with van der Waals surface area (Å²) >= 11 is 1.76. The van der Waals surface area contributed by atoms with Crippen LogP contribution in [0.25, 0.3) is 0 Å². The summed E-state index contributed by atoms with van der Waals surface area (Å²) in [4.78, 5) is 8.27. The number of nitrogens with zero attached hydrogens (tertiary/aromatic N) is 5. The Bertz CT molecular complexity index is 714. The van der Waals surface area contributed by atoms with Crippen LogP contribution >= 0.6 is 35.7 Å². The summed E-state index contributed by atoms with van der Waals surface area (Å²) in [6.45, 7) is 9.72. The Morgan fingerprint density at radius 1 is 1.29 bits per heavy atom. The second-order valence-corrected chi connectivity index (χ2v) is 7.86. The molecule has 6 nitrogen and oxygen atoms in total. The number of guanidine groups is 1. The molecule has 0 spiro atoms. The predicted molar refractivity (Wildman–Crippen MR) is 130 cm³/mol. The molecule has 0 radical (unpaired) electrons. The van der Waals surface area contributed by atoms with Crippen molar-refractivity contribution >= 4 is 41.7 Å². The number of hydrogen-bond donors (Lipinski definition) is 1. The third kappa shape index (κ3) is 7.98. The average molecular weight is 516 g/mol. The van der Waals surface area contributed by atoms with Crippen LogP contribution in [0, 0.1) is 5.92 Å². The summed E-state index contributed by atoms with van der Waals surface area (Å²) in [5.41, 5.74) is 1.28. The van der Waals surface area contributed by atoms with Gasteiger partial charge in [-0.3, -0.25) is 4.99 Å². The number of aliphatic imine (C=N–C) groups is 1. The molecule has 2 aromatic rings. The zero-order chi connectivity index (χ0) is 19.6. The van der Waals surface area contributed by atoms with Gasteiger partial charge in [0.25, 0.3) is 0 Å². The maximum atomic E-state index is 4.80. The first-order valence-electron chi connectivity index (χ1n) is 9.52. The van der Waals surface area contributed by atoms with E-state index in [1.54, 1.807) is 18.1 Å². The van der Waals surface area contributed by atoms with E-state index in [9.17, 15) is 0 Å². The smallest absolute Gasteiger partial charge is 0.194 e. The van der Waals surface area contributed by atoms with E-state index in [0.29, 0.717) is 5.92 Å². The van der Waals surface area contributed by atoms with Crippen LogP contribution < -0.4 is 5.32 Å². The summed E-state index contributed by atoms with van der Waals surface area (Å²) < 4.78 is 2.09. The number of benzene rings is 1. The number of halogens is 1. The van der Waals surface area contributed by atoms with Gasteiger partial charge >= 0.3 is 0 Å². The average Bonchev–Trinajstić information content (AvgIpc) is 3.12. The maximum absolute atomic E-state index is 4.80. The molecule has 8 heteroatoms. The first-order chi connectivity index (χ1) is 13.0. The van der Waals surface area contributed by atoms with E-state index in [0.717, 1.165) is 44.4 Å². The maximum Gasteiger partial charge on any atom is 0.194 e. The first kappa shape index (κ1) is 24.7. The zero-order valence-electron chi connectivity index (χ0n) is 17.6. The largest absolute Gasteiger partial charge is 0.354 e. The SMILES string of the molecule is CCc1nncn1CCNC(=NCC(C)C)N(C)Cc1ccc(SC)cc1.I. The molecule has 2 rings (SSSR count). The van der Waals surface area contributed by atoms with Crippen LogP contribution in [0.4, 0.5) is 0 Å². The Balaban J connectivity index is 0.00000392. The molecule has 1 aromatic carbocycles. The van der Waals surface area contributed by atoms with Crippen LogP contribution in [0.5, 0.6) is 0 Å². The van der Waals surface area contributed by atoms with E-state index < -0.39 is 0 Å². The molecule has 0 atom stereocenters. The lowest BCUT2D eigenvalue weighted by Crippen LogP contribution is -2.40. The minimum atomic E-state index is 0. The molecular weight excluding hydrogens is 483 g/mol. The molecule has 0 saturated heterocycles. The summed E-state index contributed by atoms with van der Waals surface area (Å²) in [5, 5.41) is 11.6. The van der Waals surface area contributed by atoms with E-state index in [-0.39, 0.29) is 24.0 Å². The lowest BCUT2D eigenvalue weighted by atomic mass is 10.2. The van der Waals surface area contributed by atoms with Crippen LogP contribution in [0.3, 0.4) is 0 Å². The monoisotopic (exact) mass is 516 g/mol. The van der Waals surface area contributed by atoms with E-state index in [4.69, 9.17) is 4.99 Å². The third-order valence-corrected chi connectivity index (χ3v) is 4.94. The Morgan fingerprint density at radius 2 is 2.00 bits per heavy atom. The molecule has 28 heavy (non-hydrogen) atoms. The fourth-order valence-corrected chi connectivity index (χ4v) is 3.10. The van der Waals surface area contributed by atoms with Crippen molar-refractivity contribution in [1.29, 1.82) is 0 Å². The minimum absolute atomic E-state index is 0. The number of hydrogen-bond acceptors (Lipinski definition) is 4. The molecule has 0 bridgehead atoms. The predicted octanol–water partition coefficient (Wildman–Crippen LogP) is 3.91. The van der Waals surface area contributed by atoms with Crippen molar-refractivity contribution < 1.29 is 0 Å². The van der Waals surface area contributed by atoms with E-state index in [1.807, 2.05) is 0 Å². The van der Waals surface area contributed by atoms with Gasteiger partial charge in [0.1, 0.15) is 12.2 Å². The molecule has 0 unspecified atom stereocenters. The standard InChI is InChI=1S/C20H32N6S.HI/c1-6-19-24-23-15-26(19)12-11-21-20(22-13-16(2)3)25(4)14-17-7-9-18(27-5)10-8-17;/h7-10,15-16H,6,11-14H2,1-5H3,(H,21,22);1H. The summed E-state index contributed by atoms with van der Waals surface area (Å²) in [6, 6.07) is 8.72. The Morgan fingerprint density at radius 3 is 2.61 bits per heavy atom. The summed E-state index contributed by atoms with van der Waals surface area (Å²) in [7, 11) is 2.09. The van der Waals surface area contributed by atoms with Gasteiger partial charge in [0.15, 0.2) is 5.96 Å². The van der Waals surface area contributed by atoms with Crippen molar-refractivity contribution in [2.75, 3.05) is 26.4 Å². The molecule has 156 valence electrons. The van der Waals surface area contributed by atoms with Gasteiger partial charge in [-0.15, -0.1) is 45.9 Å². The molecule has 1 N–H and O–H groups in total. The summed E-state index contributed by atoms with van der Waals surface area (Å²) in [5.74, 6) is 2.48. The van der Waals surface area contributed by atoms with Crippen molar-refractivity contribution in [1.82, 2.24) is 25.0 Å². The molecule has 1 heterocycles. The van der Waals surface area contributed by atoms with Crippen molar-refractivity contribution in [2.45, 2.75) is 45.2 Å². The molecule has 0 aliphatic heterocycles. The lowest BCUT2D eigenvalue weighted by molar-refractivity contribution is 0.467. The molecule has 0 aliphatic carbocycles. The van der Waals surface area contributed by atoms with Crippen LogP contribution in [-0.4, -0.2) is 52.0 Å². The number of thioether (sulfide) groups is 1. The van der Waals surface area contributed by atoms with Crippen molar-refractivity contribution in [3.8, 4) is 0 Å². The third-order valence-electron chi connectivity index (χ3n) is 4.19. The number of rotatable bonds is 9. The van der Waals surface area contributed by atoms with Gasteiger partial charge in [-0.25, -0.2) is 0 Å². The summed E-state index contributed by atoms with van der Waals surface area (Å²) in [6.07, 6.45) is 4.78. The highest BCUT2D eigenvalue weighted by Gasteiger charge is 2.09. The van der Waals surface area contributed by atoms with Crippen molar-refractivity contribution in [3.63, 3.8) is 0 Å². The first-order valence-corrected chi connectivity index (χ1v) is 10.7. The van der Waals surface area contributed by atoms with Crippen molar-refractivity contribution in [3.05, 3.63) is 42.0 Å². The second kappa shape index (κ2) is 13.0. The molecule has 1 aromatic heterocycles. The van der Waals surface area contributed by atoms with Gasteiger partial charge in [-0.05, 0) is 29.9 Å². The number of aryl methyl sites for hydroxylation is 1. The fourth-order valence-electron chi connectivity index (χ4n) is 2.69. The van der Waals surface area contributed by atoms with Gasteiger partial charge in [0.2, 0.25) is 0 Å². The highest BCUT2D eigenvalue weighted by Crippen LogP contribution is 2.15. The lowest BCUT2D eigenvalue weighted by Gasteiger charge is -2.23. The highest BCUT2D eigenvalue weighted by atomic mass is 127. The van der Waals surface area contributed by atoms with Crippen LogP contribution in [0.2, 0.25) is 0 Å². The van der Waals surface area contributed by atoms with Gasteiger partial charge in [-0.2, -0.15) is 0 Å². The number of aromatic nitrogens is 3. The van der Waals surface area contributed by atoms with Gasteiger partial charge in [0, 0.05) is 44.5 Å². The van der Waals surface area contributed by atoms with Crippen molar-refractivity contribution in [2.24, 2.45) is 10.9 Å². The van der Waals surface area contributed by atoms with Crippen LogP contribution in [0.15, 0.2) is 40.5 Å². The molecular formula is C20H33IN6S. The van der Waals surface area contributed by atoms with E-state index in [1.165, 1.54) is 10.5 Å². The quantitative estimate of drug-likeness (QED) is 0.237. The Hall–Kier alpha value is -1.29. The molecule has 0 saturated carbocycles. The zero-order valence-corrected chi connectivity index (χ0v) is 20.7. The molecule has 0 aliphatic rings. The number of nitrogens with one attached hydrogen (secondary N) is 1. The van der Waals surface area contributed by atoms with E-state index in [2.05, 4.69) is 83.3 Å². The molecule has 0 amide bonds. The van der Waals surface area contributed by atoms with Gasteiger partial charge in [-0.1, -0.05) is 32.9 Å². The molecule has 0 fully saturated rings. The Kier molecular flexibility index (Phi) is 11.5. The fraction of sp³-hybridized carbons (Fsp3) is 0.550. The van der Waals surface area contributed by atoms with Gasteiger partial charge < -0.3 is 14.8 Å². The minimum Gasteiger partial charge on any atom is -0.354 e.